The summed E-state index contributed by atoms with van der Waals surface area (Å²) >= 11 is 3.36. The Bertz CT molecular complexity index is 816. The molecule has 3 rings (SSSR count). The number of fused-ring (bicyclic) bond motifs is 1. The molecule has 0 spiro atoms. The summed E-state index contributed by atoms with van der Waals surface area (Å²) in [7, 11) is -3.64. The van der Waals surface area contributed by atoms with E-state index in [2.05, 4.69) is 20.5 Å². The van der Waals surface area contributed by atoms with Crippen molar-refractivity contribution in [2.75, 3.05) is 13.2 Å². The van der Waals surface area contributed by atoms with Crippen molar-refractivity contribution in [3.63, 3.8) is 0 Å². The van der Waals surface area contributed by atoms with Crippen LogP contribution in [-0.4, -0.2) is 30.4 Å². The summed E-state index contributed by atoms with van der Waals surface area (Å²) in [6, 6.07) is 8.80. The van der Waals surface area contributed by atoms with Gasteiger partial charge in [0.2, 0.25) is 10.0 Å². The van der Waals surface area contributed by atoms with Crippen LogP contribution in [0.5, 0.6) is 5.75 Å². The highest BCUT2D eigenvalue weighted by atomic mass is 79.9. The fourth-order valence-corrected chi connectivity index (χ4v) is 5.24. The molecule has 0 saturated carbocycles. The SMILES string of the molecule is CCOc1ccc(Br)cc1S(=O)(=O)N1CCn2cccc2[C@H]1C. The topological polar surface area (TPSA) is 51.5 Å². The van der Waals surface area contributed by atoms with Gasteiger partial charge in [-0.15, -0.1) is 0 Å². The summed E-state index contributed by atoms with van der Waals surface area (Å²) in [6.07, 6.45) is 1.99. The van der Waals surface area contributed by atoms with Gasteiger partial charge in [0.1, 0.15) is 10.6 Å². The molecule has 0 amide bonds. The zero-order valence-electron chi connectivity index (χ0n) is 13.1. The third kappa shape index (κ3) is 2.93. The van der Waals surface area contributed by atoms with Gasteiger partial charge in [0.25, 0.3) is 0 Å². The number of ether oxygens (including phenoxy) is 1. The third-order valence-corrected chi connectivity index (χ3v) is 6.56. The highest BCUT2D eigenvalue weighted by Crippen LogP contribution is 2.35. The molecular formula is C16H19BrN2O3S. The number of sulfonamides is 1. The van der Waals surface area contributed by atoms with Gasteiger partial charge >= 0.3 is 0 Å². The highest BCUT2D eigenvalue weighted by Gasteiger charge is 2.35. The fraction of sp³-hybridized carbons (Fsp3) is 0.375. The normalized spacial score (nSPS) is 18.7. The molecular weight excluding hydrogens is 380 g/mol. The van der Waals surface area contributed by atoms with Crippen molar-refractivity contribution < 1.29 is 13.2 Å². The number of rotatable bonds is 4. The quantitative estimate of drug-likeness (QED) is 0.792. The van der Waals surface area contributed by atoms with E-state index in [0.717, 1.165) is 5.69 Å². The zero-order chi connectivity index (χ0) is 16.6. The van der Waals surface area contributed by atoms with Gasteiger partial charge in [-0.2, -0.15) is 4.31 Å². The van der Waals surface area contributed by atoms with Crippen molar-refractivity contribution in [1.29, 1.82) is 0 Å². The summed E-state index contributed by atoms with van der Waals surface area (Å²) in [5.41, 5.74) is 1.01. The molecule has 0 saturated heterocycles. The lowest BCUT2D eigenvalue weighted by molar-refractivity contribution is 0.279. The van der Waals surface area contributed by atoms with Gasteiger partial charge in [-0.3, -0.25) is 0 Å². The summed E-state index contributed by atoms with van der Waals surface area (Å²) in [4.78, 5) is 0.209. The van der Waals surface area contributed by atoms with E-state index in [1.165, 1.54) is 0 Å². The second-order valence-electron chi connectivity index (χ2n) is 5.44. The lowest BCUT2D eigenvalue weighted by atomic mass is 10.2. The number of benzene rings is 1. The molecule has 1 atom stereocenters. The second-order valence-corrected chi connectivity index (χ2v) is 8.22. The smallest absolute Gasteiger partial charge is 0.247 e. The molecule has 124 valence electrons. The molecule has 0 radical (unpaired) electrons. The highest BCUT2D eigenvalue weighted by molar-refractivity contribution is 9.10. The Labute approximate surface area is 145 Å². The van der Waals surface area contributed by atoms with E-state index in [4.69, 9.17) is 4.74 Å². The molecule has 0 bridgehead atoms. The summed E-state index contributed by atoms with van der Waals surface area (Å²) < 4.78 is 36.3. The van der Waals surface area contributed by atoms with Crippen LogP contribution >= 0.6 is 15.9 Å². The molecule has 0 unspecified atom stereocenters. The number of aromatic nitrogens is 1. The van der Waals surface area contributed by atoms with Crippen LogP contribution in [0.25, 0.3) is 0 Å². The van der Waals surface area contributed by atoms with E-state index in [9.17, 15) is 8.42 Å². The first-order chi connectivity index (χ1) is 10.9. The molecule has 2 heterocycles. The van der Waals surface area contributed by atoms with E-state index in [1.54, 1.807) is 22.5 Å². The minimum atomic E-state index is -3.64. The molecule has 0 aliphatic carbocycles. The zero-order valence-corrected chi connectivity index (χ0v) is 15.5. The average molecular weight is 399 g/mol. The van der Waals surface area contributed by atoms with Crippen molar-refractivity contribution >= 4 is 26.0 Å². The molecule has 1 aromatic carbocycles. The number of hydrogen-bond donors (Lipinski definition) is 0. The maximum atomic E-state index is 13.2. The Hall–Kier alpha value is -1.31. The van der Waals surface area contributed by atoms with Crippen molar-refractivity contribution in [3.8, 4) is 5.75 Å². The van der Waals surface area contributed by atoms with Crippen LogP contribution in [0.3, 0.4) is 0 Å². The van der Waals surface area contributed by atoms with Gasteiger partial charge in [0.05, 0.1) is 12.6 Å². The van der Waals surface area contributed by atoms with Crippen LogP contribution in [0, 0.1) is 0 Å². The standard InChI is InChI=1S/C16H19BrN2O3S/c1-3-22-15-7-6-13(17)11-16(15)23(20,21)19-10-9-18-8-4-5-14(18)12(19)2/h4-8,11-12H,3,9-10H2,1-2H3/t12-/m1/s1. The molecule has 5 nitrogen and oxygen atoms in total. The Kier molecular flexibility index (Phi) is 4.53. The van der Waals surface area contributed by atoms with Crippen molar-refractivity contribution in [3.05, 3.63) is 46.7 Å². The van der Waals surface area contributed by atoms with Crippen molar-refractivity contribution in [1.82, 2.24) is 8.87 Å². The summed E-state index contributed by atoms with van der Waals surface area (Å²) in [6.45, 7) is 5.28. The molecule has 1 aromatic heterocycles. The van der Waals surface area contributed by atoms with Gasteiger partial charge in [0.15, 0.2) is 0 Å². The molecule has 2 aromatic rings. The molecule has 7 heteroatoms. The first-order valence-corrected chi connectivity index (χ1v) is 9.77. The van der Waals surface area contributed by atoms with Crippen LogP contribution in [0.2, 0.25) is 0 Å². The Morgan fingerprint density at radius 2 is 2.09 bits per heavy atom. The van der Waals surface area contributed by atoms with Crippen LogP contribution in [-0.2, 0) is 16.6 Å². The minimum Gasteiger partial charge on any atom is -0.492 e. The minimum absolute atomic E-state index is 0.209. The largest absolute Gasteiger partial charge is 0.492 e. The number of hydrogen-bond acceptors (Lipinski definition) is 3. The molecule has 1 aliphatic rings. The maximum absolute atomic E-state index is 13.2. The first-order valence-electron chi connectivity index (χ1n) is 7.54. The van der Waals surface area contributed by atoms with E-state index >= 15 is 0 Å². The number of halogens is 1. The lowest BCUT2D eigenvalue weighted by Crippen LogP contribution is -2.40. The number of nitrogens with zero attached hydrogens (tertiary/aromatic N) is 2. The van der Waals surface area contributed by atoms with E-state index in [0.29, 0.717) is 29.9 Å². The second kappa shape index (κ2) is 6.30. The molecule has 23 heavy (non-hydrogen) atoms. The third-order valence-electron chi connectivity index (χ3n) is 4.08. The average Bonchev–Trinajstić information content (AvgIpc) is 2.99. The molecule has 0 N–H and O–H groups in total. The maximum Gasteiger partial charge on any atom is 0.247 e. The van der Waals surface area contributed by atoms with Crippen LogP contribution in [0.4, 0.5) is 0 Å². The Morgan fingerprint density at radius 1 is 1.30 bits per heavy atom. The van der Waals surface area contributed by atoms with Gasteiger partial charge in [-0.05, 0) is 44.2 Å². The van der Waals surface area contributed by atoms with Gasteiger partial charge in [-0.25, -0.2) is 8.42 Å². The van der Waals surface area contributed by atoms with Gasteiger partial charge in [-0.1, -0.05) is 15.9 Å². The van der Waals surface area contributed by atoms with Crippen LogP contribution in [0.15, 0.2) is 45.9 Å². The van der Waals surface area contributed by atoms with E-state index < -0.39 is 10.0 Å². The monoisotopic (exact) mass is 398 g/mol. The Morgan fingerprint density at radius 3 is 2.83 bits per heavy atom. The fourth-order valence-electron chi connectivity index (χ4n) is 2.97. The van der Waals surface area contributed by atoms with E-state index in [1.807, 2.05) is 32.2 Å². The predicted molar refractivity (Wildman–Crippen MR) is 92.0 cm³/mol. The predicted octanol–water partition coefficient (Wildman–Crippen LogP) is 3.41. The van der Waals surface area contributed by atoms with Gasteiger partial charge in [0, 0.05) is 29.5 Å². The van der Waals surface area contributed by atoms with Gasteiger partial charge < -0.3 is 9.30 Å². The van der Waals surface area contributed by atoms with Crippen molar-refractivity contribution in [2.45, 2.75) is 31.3 Å². The van der Waals surface area contributed by atoms with Crippen LogP contribution in [0.1, 0.15) is 25.6 Å². The van der Waals surface area contributed by atoms with Crippen molar-refractivity contribution in [2.24, 2.45) is 0 Å². The molecule has 1 aliphatic heterocycles. The summed E-state index contributed by atoms with van der Waals surface area (Å²) in [5.74, 6) is 0.392. The first kappa shape index (κ1) is 16.5. The summed E-state index contributed by atoms with van der Waals surface area (Å²) in [5, 5.41) is 0. The van der Waals surface area contributed by atoms with Crippen LogP contribution < -0.4 is 4.74 Å². The molecule has 0 fully saturated rings. The Balaban J connectivity index is 2.04. The van der Waals surface area contributed by atoms with E-state index in [-0.39, 0.29) is 10.9 Å². The lowest BCUT2D eigenvalue weighted by Gasteiger charge is -2.34.